The van der Waals surface area contributed by atoms with Crippen molar-refractivity contribution < 1.29 is 4.74 Å². The van der Waals surface area contributed by atoms with Crippen molar-refractivity contribution in [1.29, 1.82) is 0 Å². The van der Waals surface area contributed by atoms with Crippen LogP contribution >= 0.6 is 0 Å². The molecule has 3 aliphatic heterocycles. The molecule has 3 fully saturated rings. The molecule has 2 unspecified atom stereocenters. The minimum absolute atomic E-state index is 0.406. The topological polar surface area (TPSA) is 24.5 Å². The first kappa shape index (κ1) is 19.3. The number of benzene rings is 3. The highest BCUT2D eigenvalue weighted by Crippen LogP contribution is 2.44. The third-order valence-corrected chi connectivity index (χ3v) is 6.90. The predicted octanol–water partition coefficient (Wildman–Crippen LogP) is 5.29. The molecule has 2 bridgehead atoms. The Hall–Kier alpha value is -2.62. The van der Waals surface area contributed by atoms with Gasteiger partial charge in [-0.05, 0) is 54.6 Å². The van der Waals surface area contributed by atoms with E-state index in [1.165, 1.54) is 48.2 Å². The van der Waals surface area contributed by atoms with Crippen LogP contribution in [0.4, 0.5) is 0 Å². The van der Waals surface area contributed by atoms with E-state index in [0.717, 1.165) is 18.2 Å². The van der Waals surface area contributed by atoms with Gasteiger partial charge in [-0.2, -0.15) is 0 Å². The zero-order valence-electron chi connectivity index (χ0n) is 17.6. The summed E-state index contributed by atoms with van der Waals surface area (Å²) in [7, 11) is 1.76. The Morgan fingerprint density at radius 2 is 1.57 bits per heavy atom. The van der Waals surface area contributed by atoms with Crippen molar-refractivity contribution >= 4 is 0 Å². The van der Waals surface area contributed by atoms with Crippen LogP contribution in [0.25, 0.3) is 11.1 Å². The molecular formula is C27H30N2O. The van der Waals surface area contributed by atoms with Gasteiger partial charge in [-0.25, -0.2) is 0 Å². The summed E-state index contributed by atoms with van der Waals surface area (Å²) >= 11 is 0. The van der Waals surface area contributed by atoms with Crippen molar-refractivity contribution in [3.05, 3.63) is 90.0 Å². The number of nitrogens with zero attached hydrogens (tertiary/aromatic N) is 1. The maximum Gasteiger partial charge on any atom is 0.123 e. The Balaban J connectivity index is 1.48. The average molecular weight is 399 g/mol. The van der Waals surface area contributed by atoms with Crippen molar-refractivity contribution in [3.8, 4) is 16.9 Å². The number of methoxy groups -OCH3 is 1. The normalized spacial score (nSPS) is 25.2. The lowest BCUT2D eigenvalue weighted by Crippen LogP contribution is -2.57. The Morgan fingerprint density at radius 3 is 2.37 bits per heavy atom. The standard InChI is InChI=1S/C27H30N2O/c1-30-25-14-8-5-11-22(25)19-28-26-21-15-17-29(18-16-21)27(26)24-13-7-6-12-23(24)20-9-3-2-4-10-20/h2-14,21,26-28H,15-19H2,1H3. The maximum absolute atomic E-state index is 5.59. The molecule has 154 valence electrons. The number of rotatable bonds is 6. The highest BCUT2D eigenvalue weighted by atomic mass is 16.5. The summed E-state index contributed by atoms with van der Waals surface area (Å²) in [6.07, 6.45) is 2.57. The molecule has 6 rings (SSSR count). The van der Waals surface area contributed by atoms with E-state index in [2.05, 4.69) is 83.0 Å². The molecule has 3 aromatic rings. The third-order valence-electron chi connectivity index (χ3n) is 6.90. The Labute approximate surface area is 179 Å². The number of ether oxygens (including phenoxy) is 1. The first-order valence-corrected chi connectivity index (χ1v) is 11.1. The van der Waals surface area contributed by atoms with Crippen LogP contribution in [0.1, 0.15) is 30.0 Å². The summed E-state index contributed by atoms with van der Waals surface area (Å²) in [5, 5.41) is 3.95. The number of nitrogens with one attached hydrogen (secondary N) is 1. The van der Waals surface area contributed by atoms with E-state index in [4.69, 9.17) is 4.74 Å². The summed E-state index contributed by atoms with van der Waals surface area (Å²) in [6, 6.07) is 29.0. The van der Waals surface area contributed by atoms with Crippen molar-refractivity contribution in [3.63, 3.8) is 0 Å². The van der Waals surface area contributed by atoms with Gasteiger partial charge in [-0.15, -0.1) is 0 Å². The molecule has 0 aromatic heterocycles. The molecule has 0 saturated carbocycles. The van der Waals surface area contributed by atoms with Crippen LogP contribution in [0.5, 0.6) is 5.75 Å². The van der Waals surface area contributed by atoms with E-state index in [1.807, 2.05) is 6.07 Å². The number of piperidine rings is 3. The average Bonchev–Trinajstić information content (AvgIpc) is 2.84. The summed E-state index contributed by atoms with van der Waals surface area (Å²) in [6.45, 7) is 3.24. The van der Waals surface area contributed by atoms with Gasteiger partial charge in [-0.3, -0.25) is 4.90 Å². The van der Waals surface area contributed by atoms with Crippen molar-refractivity contribution in [2.24, 2.45) is 5.92 Å². The van der Waals surface area contributed by atoms with Crippen LogP contribution in [-0.4, -0.2) is 31.1 Å². The lowest BCUT2D eigenvalue weighted by Gasteiger charge is -2.52. The summed E-state index contributed by atoms with van der Waals surface area (Å²) in [5.74, 6) is 1.69. The van der Waals surface area contributed by atoms with E-state index in [-0.39, 0.29) is 0 Å². The van der Waals surface area contributed by atoms with Crippen molar-refractivity contribution in [1.82, 2.24) is 10.2 Å². The molecular weight excluding hydrogens is 368 g/mol. The minimum atomic E-state index is 0.406. The van der Waals surface area contributed by atoms with E-state index < -0.39 is 0 Å². The summed E-state index contributed by atoms with van der Waals surface area (Å²) in [4.78, 5) is 2.70. The number of para-hydroxylation sites is 1. The third kappa shape index (κ3) is 3.64. The molecule has 0 spiro atoms. The molecule has 0 amide bonds. The number of fused-ring (bicyclic) bond motifs is 3. The molecule has 3 aliphatic rings. The fourth-order valence-electron chi connectivity index (χ4n) is 5.42. The second kappa shape index (κ2) is 8.63. The minimum Gasteiger partial charge on any atom is -0.496 e. The molecule has 3 aromatic carbocycles. The maximum atomic E-state index is 5.59. The van der Waals surface area contributed by atoms with Crippen LogP contribution in [-0.2, 0) is 6.54 Å². The molecule has 1 N–H and O–H groups in total. The Bertz CT molecular complexity index is 979. The molecule has 3 saturated heterocycles. The van der Waals surface area contributed by atoms with E-state index in [0.29, 0.717) is 12.1 Å². The smallest absolute Gasteiger partial charge is 0.123 e. The molecule has 0 aliphatic carbocycles. The lowest BCUT2D eigenvalue weighted by atomic mass is 9.75. The monoisotopic (exact) mass is 398 g/mol. The van der Waals surface area contributed by atoms with Crippen LogP contribution in [0.2, 0.25) is 0 Å². The molecule has 3 nitrogen and oxygen atoms in total. The van der Waals surface area contributed by atoms with Gasteiger partial charge in [0, 0.05) is 18.2 Å². The summed E-state index contributed by atoms with van der Waals surface area (Å²) < 4.78 is 5.59. The fourth-order valence-corrected chi connectivity index (χ4v) is 5.42. The van der Waals surface area contributed by atoms with E-state index in [1.54, 1.807) is 7.11 Å². The first-order chi connectivity index (χ1) is 14.8. The Kier molecular flexibility index (Phi) is 5.56. The second-order valence-corrected chi connectivity index (χ2v) is 8.49. The van der Waals surface area contributed by atoms with Gasteiger partial charge in [0.15, 0.2) is 0 Å². The van der Waals surface area contributed by atoms with Crippen molar-refractivity contribution in [2.75, 3.05) is 20.2 Å². The quantitative estimate of drug-likeness (QED) is 0.611. The van der Waals surface area contributed by atoms with Crippen LogP contribution in [0.3, 0.4) is 0 Å². The van der Waals surface area contributed by atoms with Crippen molar-refractivity contribution in [2.45, 2.75) is 31.5 Å². The van der Waals surface area contributed by atoms with Crippen LogP contribution < -0.4 is 10.1 Å². The Morgan fingerprint density at radius 1 is 0.867 bits per heavy atom. The predicted molar refractivity (Wildman–Crippen MR) is 123 cm³/mol. The van der Waals surface area contributed by atoms with E-state index >= 15 is 0 Å². The van der Waals surface area contributed by atoms with Gasteiger partial charge in [0.2, 0.25) is 0 Å². The van der Waals surface area contributed by atoms with Gasteiger partial charge in [0.25, 0.3) is 0 Å². The van der Waals surface area contributed by atoms with E-state index in [9.17, 15) is 0 Å². The molecule has 30 heavy (non-hydrogen) atoms. The molecule has 2 atom stereocenters. The highest BCUT2D eigenvalue weighted by molar-refractivity contribution is 5.68. The van der Waals surface area contributed by atoms with Gasteiger partial charge in [-0.1, -0.05) is 72.8 Å². The van der Waals surface area contributed by atoms with Crippen LogP contribution in [0.15, 0.2) is 78.9 Å². The lowest BCUT2D eigenvalue weighted by molar-refractivity contribution is 0.0114. The SMILES string of the molecule is COc1ccccc1CNC1C2CCN(CC2)C1c1ccccc1-c1ccccc1. The number of hydrogen-bond acceptors (Lipinski definition) is 3. The highest BCUT2D eigenvalue weighted by Gasteiger charge is 2.43. The van der Waals surface area contributed by atoms with Gasteiger partial charge >= 0.3 is 0 Å². The first-order valence-electron chi connectivity index (χ1n) is 11.1. The fraction of sp³-hybridized carbons (Fsp3) is 0.333. The zero-order chi connectivity index (χ0) is 20.3. The van der Waals surface area contributed by atoms with Gasteiger partial charge < -0.3 is 10.1 Å². The number of hydrogen-bond donors (Lipinski definition) is 1. The van der Waals surface area contributed by atoms with Gasteiger partial charge in [0.05, 0.1) is 13.2 Å². The van der Waals surface area contributed by atoms with Crippen LogP contribution in [0, 0.1) is 5.92 Å². The van der Waals surface area contributed by atoms with Gasteiger partial charge in [0.1, 0.15) is 5.75 Å². The molecule has 0 radical (unpaired) electrons. The largest absolute Gasteiger partial charge is 0.496 e. The second-order valence-electron chi connectivity index (χ2n) is 8.49. The zero-order valence-corrected chi connectivity index (χ0v) is 17.6. The summed E-state index contributed by atoms with van der Waals surface area (Å²) in [5.41, 5.74) is 5.34. The molecule has 3 heteroatoms. The molecule has 3 heterocycles.